The molecule has 11 nitrogen and oxygen atoms in total. The summed E-state index contributed by atoms with van der Waals surface area (Å²) in [6.45, 7) is 3.65. The normalized spacial score (nSPS) is 26.3. The molecule has 3 rings (SSSR count). The predicted molar refractivity (Wildman–Crippen MR) is 130 cm³/mol. The zero-order valence-electron chi connectivity index (χ0n) is 20.5. The first-order valence-corrected chi connectivity index (χ1v) is 13.2. The molecular formula is C22H28F2N3O8PS. The maximum absolute atomic E-state index is 15.6. The lowest BCUT2D eigenvalue weighted by molar-refractivity contribution is -0.412. The summed E-state index contributed by atoms with van der Waals surface area (Å²) in [5.41, 5.74) is -3.18. The quantitative estimate of drug-likeness (QED) is 0.249. The minimum atomic E-state index is -4.48. The van der Waals surface area contributed by atoms with Crippen molar-refractivity contribution in [3.05, 3.63) is 57.7 Å². The average molecular weight is 564 g/mol. The number of rotatable bonds is 10. The summed E-state index contributed by atoms with van der Waals surface area (Å²) in [6, 6.07) is 4.75. The Kier molecular flexibility index (Phi) is 9.04. The smallest absolute Gasteiger partial charge is 0.459 e. The second-order valence-electron chi connectivity index (χ2n) is 8.73. The van der Waals surface area contributed by atoms with E-state index >= 15 is 8.78 Å². The third-order valence-electron chi connectivity index (χ3n) is 4.91. The number of halogens is 2. The molecule has 2 heterocycles. The first-order chi connectivity index (χ1) is 17.2. The maximum atomic E-state index is 15.6. The molecule has 0 aliphatic carbocycles. The van der Waals surface area contributed by atoms with E-state index < -0.39 is 62.7 Å². The van der Waals surface area contributed by atoms with E-state index in [4.69, 9.17) is 35.5 Å². The molecule has 15 heteroatoms. The molecule has 0 amide bonds. The van der Waals surface area contributed by atoms with Crippen molar-refractivity contribution in [2.45, 2.75) is 57.8 Å². The van der Waals surface area contributed by atoms with Gasteiger partial charge < -0.3 is 14.0 Å². The lowest BCUT2D eigenvalue weighted by Crippen LogP contribution is -2.55. The predicted octanol–water partition coefficient (Wildman–Crippen LogP) is 3.94. The minimum absolute atomic E-state index is 0.0823. The van der Waals surface area contributed by atoms with Crippen LogP contribution in [0.1, 0.15) is 33.9 Å². The third-order valence-corrected chi connectivity index (χ3v) is 6.77. The van der Waals surface area contributed by atoms with Crippen molar-refractivity contribution in [1.29, 1.82) is 0 Å². The number of para-hydroxylation sites is 1. The molecule has 0 spiro atoms. The number of carbonyl (C=O) groups is 1. The minimum Gasteiger partial charge on any atom is -0.462 e. The molecule has 37 heavy (non-hydrogen) atoms. The van der Waals surface area contributed by atoms with E-state index in [1.54, 1.807) is 32.0 Å². The highest BCUT2D eigenvalue weighted by Crippen LogP contribution is 2.47. The molecular weight excluding hydrogens is 535 g/mol. The summed E-state index contributed by atoms with van der Waals surface area (Å²) >= 11 is 4.87. The lowest BCUT2D eigenvalue weighted by Gasteiger charge is -2.42. The van der Waals surface area contributed by atoms with Gasteiger partial charge in [0.25, 0.3) is 0 Å². The van der Waals surface area contributed by atoms with Gasteiger partial charge in [0.2, 0.25) is 0 Å². The Morgan fingerprint density at radius 1 is 1.30 bits per heavy atom. The number of alkyl halides is 2. The van der Waals surface area contributed by atoms with E-state index in [1.807, 2.05) is 0 Å². The van der Waals surface area contributed by atoms with Crippen LogP contribution in [0.3, 0.4) is 0 Å². The fraction of sp³-hybridized carbons (Fsp3) is 0.500. The Labute approximate surface area is 216 Å². The van der Waals surface area contributed by atoms with Crippen LogP contribution in [0.25, 0.3) is 0 Å². The highest BCUT2D eigenvalue weighted by Gasteiger charge is 2.53. The van der Waals surface area contributed by atoms with E-state index in [9.17, 15) is 14.2 Å². The molecule has 0 bridgehead atoms. The van der Waals surface area contributed by atoms with Gasteiger partial charge in [-0.25, -0.2) is 13.8 Å². The van der Waals surface area contributed by atoms with E-state index in [1.165, 1.54) is 25.1 Å². The number of H-pyrrole nitrogens is 1. The second-order valence-corrected chi connectivity index (χ2v) is 10.9. The maximum Gasteiger partial charge on any atom is 0.459 e. The summed E-state index contributed by atoms with van der Waals surface area (Å²) in [7, 11) is -4.48. The molecule has 1 aliphatic heterocycles. The number of aromatic amines is 1. The summed E-state index contributed by atoms with van der Waals surface area (Å²) in [4.78, 5) is 26.8. The van der Waals surface area contributed by atoms with Gasteiger partial charge in [-0.15, -0.1) is 0 Å². The molecule has 1 saturated heterocycles. The average Bonchev–Trinajstić information content (AvgIpc) is 2.80. The van der Waals surface area contributed by atoms with E-state index in [2.05, 4.69) is 10.1 Å². The van der Waals surface area contributed by atoms with Crippen LogP contribution in [0.15, 0.2) is 47.4 Å². The Morgan fingerprint density at radius 3 is 2.59 bits per heavy atom. The van der Waals surface area contributed by atoms with Crippen LogP contribution in [0.5, 0.6) is 5.75 Å². The number of hydrogen-bond acceptors (Lipinski definition) is 9. The first kappa shape index (κ1) is 29.1. The second kappa shape index (κ2) is 11.5. The van der Waals surface area contributed by atoms with Gasteiger partial charge >= 0.3 is 25.4 Å². The fourth-order valence-corrected chi connectivity index (χ4v) is 4.81. The molecule has 5 atom stereocenters. The van der Waals surface area contributed by atoms with Crippen molar-refractivity contribution >= 4 is 25.9 Å². The highest BCUT2D eigenvalue weighted by molar-refractivity contribution is 7.71. The van der Waals surface area contributed by atoms with Crippen LogP contribution in [-0.4, -0.2) is 52.6 Å². The number of nitrogens with one attached hydrogen (secondary N) is 2. The topological polar surface area (TPSA) is 130 Å². The van der Waals surface area contributed by atoms with Gasteiger partial charge in [0, 0.05) is 6.20 Å². The zero-order chi connectivity index (χ0) is 27.4. The molecule has 204 valence electrons. The summed E-state index contributed by atoms with van der Waals surface area (Å²) in [6.07, 6.45) is -1.10. The standard InChI is InChI=1S/C22H28F2N3O8PS/c1-14(2)33-18(28)15(3)26-36(30,35-16-8-6-5-7-9-16)32-13-22(24)31-12-21(4,23)19(34-22)27-11-10-17(37)25-20(27)29/h5-11,14-15,19H,12-13H2,1-4H3,(H,26,30)(H,25,29,37)/t15-,19+,21?,22-,36?/m0/s1. The van der Waals surface area contributed by atoms with E-state index in [0.29, 0.717) is 0 Å². The highest BCUT2D eigenvalue weighted by atomic mass is 32.1. The van der Waals surface area contributed by atoms with Crippen molar-refractivity contribution in [2.75, 3.05) is 13.2 Å². The van der Waals surface area contributed by atoms with Crippen LogP contribution in [0.2, 0.25) is 0 Å². The van der Waals surface area contributed by atoms with Crippen molar-refractivity contribution in [3.8, 4) is 5.75 Å². The lowest BCUT2D eigenvalue weighted by atomic mass is 10.1. The van der Waals surface area contributed by atoms with Crippen molar-refractivity contribution in [3.63, 3.8) is 0 Å². The SMILES string of the molecule is CC(C)OC(=O)[C@H](C)NP(=O)(OC[C@]1(F)OCC(C)(F)[C@H](n2ccc(=S)[nH]c2=O)O1)Oc1ccccc1. The van der Waals surface area contributed by atoms with Gasteiger partial charge in [-0.3, -0.25) is 23.6 Å². The molecule has 1 aromatic carbocycles. The number of hydrogen-bond donors (Lipinski definition) is 2. The Hall–Kier alpha value is -2.48. The van der Waals surface area contributed by atoms with Gasteiger partial charge in [-0.05, 0) is 45.9 Å². The molecule has 0 saturated carbocycles. The number of nitrogens with zero attached hydrogens (tertiary/aromatic N) is 1. The monoisotopic (exact) mass is 563 g/mol. The molecule has 2 aromatic rings. The van der Waals surface area contributed by atoms with Crippen molar-refractivity contribution in [1.82, 2.24) is 14.6 Å². The van der Waals surface area contributed by atoms with Crippen LogP contribution < -0.4 is 15.3 Å². The third kappa shape index (κ3) is 7.76. The summed E-state index contributed by atoms with van der Waals surface area (Å²) in [5, 5.41) is 2.39. The molecule has 0 radical (unpaired) electrons. The van der Waals surface area contributed by atoms with Crippen molar-refractivity contribution in [2.24, 2.45) is 0 Å². The van der Waals surface area contributed by atoms with Crippen molar-refractivity contribution < 1.29 is 41.4 Å². The van der Waals surface area contributed by atoms with Crippen LogP contribution in [0, 0.1) is 4.64 Å². The number of aromatic nitrogens is 2. The molecule has 1 aromatic heterocycles. The number of esters is 1. The van der Waals surface area contributed by atoms with Gasteiger partial charge in [0.05, 0.1) is 12.7 Å². The van der Waals surface area contributed by atoms with Gasteiger partial charge in [0.15, 0.2) is 11.9 Å². The fourth-order valence-electron chi connectivity index (χ4n) is 3.17. The number of benzene rings is 1. The largest absolute Gasteiger partial charge is 0.462 e. The molecule has 2 N–H and O–H groups in total. The molecule has 1 fully saturated rings. The Bertz CT molecular complexity index is 1260. The van der Waals surface area contributed by atoms with Crippen LogP contribution >= 0.6 is 20.0 Å². The van der Waals surface area contributed by atoms with Gasteiger partial charge in [-0.1, -0.05) is 30.4 Å². The first-order valence-electron chi connectivity index (χ1n) is 11.2. The van der Waals surface area contributed by atoms with Gasteiger partial charge in [-0.2, -0.15) is 9.48 Å². The summed E-state index contributed by atoms with van der Waals surface area (Å²) in [5.74, 6) is -0.675. The zero-order valence-corrected chi connectivity index (χ0v) is 22.2. The number of ether oxygens (including phenoxy) is 3. The Balaban J connectivity index is 1.82. The summed E-state index contributed by atoms with van der Waals surface area (Å²) < 4.78 is 71.1. The van der Waals surface area contributed by atoms with Gasteiger partial charge in [0.1, 0.15) is 23.0 Å². The molecule has 2 unspecified atom stereocenters. The van der Waals surface area contributed by atoms with Crippen LogP contribution in [0.4, 0.5) is 8.78 Å². The molecule has 1 aliphatic rings. The van der Waals surface area contributed by atoms with Crippen LogP contribution in [-0.2, 0) is 28.1 Å². The number of carbonyl (C=O) groups excluding carboxylic acids is 1. The Morgan fingerprint density at radius 2 is 1.97 bits per heavy atom. The van der Waals surface area contributed by atoms with E-state index in [0.717, 1.165) is 17.7 Å². The van der Waals surface area contributed by atoms with E-state index in [-0.39, 0.29) is 10.4 Å².